The van der Waals surface area contributed by atoms with Crippen LogP contribution >= 0.6 is 0 Å². The van der Waals surface area contributed by atoms with Gasteiger partial charge in [0.25, 0.3) is 0 Å². The fourth-order valence-corrected chi connectivity index (χ4v) is 0.847. The molecule has 2 N–H and O–H groups in total. The van der Waals surface area contributed by atoms with E-state index in [0.29, 0.717) is 0 Å². The van der Waals surface area contributed by atoms with Crippen LogP contribution in [0.4, 0.5) is 0 Å². The van der Waals surface area contributed by atoms with Crippen LogP contribution in [0.1, 0.15) is 12.0 Å². The highest BCUT2D eigenvalue weighted by atomic mass is 16.4. The minimum absolute atomic E-state index is 0.303. The summed E-state index contributed by atoms with van der Waals surface area (Å²) in [4.78, 5) is 19.7. The second-order valence-corrected chi connectivity index (χ2v) is 3.57. The molecule has 0 spiro atoms. The van der Waals surface area contributed by atoms with Gasteiger partial charge in [-0.3, -0.25) is 4.79 Å². The lowest BCUT2D eigenvalue weighted by Crippen LogP contribution is -2.04. The molecular weight excluding hydrogens is 268 g/mol. The Morgan fingerprint density at radius 3 is 1.67 bits per heavy atom. The molecule has 0 radical (unpaired) electrons. The van der Waals surface area contributed by atoms with E-state index in [-0.39, 0.29) is 5.57 Å². The lowest BCUT2D eigenvalue weighted by molar-refractivity contribution is -0.139. The number of carbonyl (C=O) groups is 2. The maximum absolute atomic E-state index is 9.87. The molecule has 112 valence electrons. The first-order chi connectivity index (χ1) is 9.88. The summed E-state index contributed by atoms with van der Waals surface area (Å²) in [5.41, 5.74) is 0.870. The molecule has 1 aromatic rings. The Balaban J connectivity index is 0. The summed E-state index contributed by atoms with van der Waals surface area (Å²) in [5.74, 6) is -2.44. The van der Waals surface area contributed by atoms with Crippen molar-refractivity contribution in [3.63, 3.8) is 0 Å². The van der Waals surface area contributed by atoms with Crippen LogP contribution in [0.15, 0.2) is 74.4 Å². The summed E-state index contributed by atoms with van der Waals surface area (Å²) in [5, 5.41) is 16.1. The van der Waals surface area contributed by atoms with Gasteiger partial charge in [0, 0.05) is 5.57 Å². The normalized spacial score (nSPS) is 7.81. The zero-order chi connectivity index (χ0) is 16.7. The molecular formula is C17H20O4. The third-order valence-electron chi connectivity index (χ3n) is 1.87. The highest BCUT2D eigenvalue weighted by Gasteiger charge is 2.07. The third kappa shape index (κ3) is 15.1. The second kappa shape index (κ2) is 13.5. The van der Waals surface area contributed by atoms with E-state index in [9.17, 15) is 9.59 Å². The smallest absolute Gasteiger partial charge is 0.331 e. The molecule has 0 saturated heterocycles. The molecule has 0 aliphatic rings. The number of carboxylic acid groups (broad SMARTS) is 2. The Morgan fingerprint density at radius 2 is 1.48 bits per heavy atom. The van der Waals surface area contributed by atoms with E-state index in [0.717, 1.165) is 0 Å². The average molecular weight is 288 g/mol. The van der Waals surface area contributed by atoms with Gasteiger partial charge in [-0.1, -0.05) is 74.9 Å². The Bertz CT molecular complexity index is 481. The van der Waals surface area contributed by atoms with Crippen molar-refractivity contribution in [3.8, 4) is 0 Å². The molecule has 0 aromatic heterocycles. The molecule has 4 heteroatoms. The van der Waals surface area contributed by atoms with Crippen molar-refractivity contribution < 1.29 is 19.8 Å². The summed E-state index contributed by atoms with van der Waals surface area (Å²) in [7, 11) is 0. The van der Waals surface area contributed by atoms with Gasteiger partial charge in [0.05, 0.1) is 6.42 Å². The zero-order valence-corrected chi connectivity index (χ0v) is 11.9. The molecule has 0 bridgehead atoms. The number of carboxylic acids is 2. The number of benzene rings is 1. The van der Waals surface area contributed by atoms with E-state index in [1.807, 2.05) is 36.4 Å². The molecule has 4 nitrogen and oxygen atoms in total. The molecule has 0 heterocycles. The van der Waals surface area contributed by atoms with Gasteiger partial charge in [0.1, 0.15) is 0 Å². The first-order valence-corrected chi connectivity index (χ1v) is 5.92. The minimum atomic E-state index is -1.27. The van der Waals surface area contributed by atoms with Gasteiger partial charge >= 0.3 is 11.9 Å². The standard InChI is InChI=1S/C8H8.C5H6O4.C4H6/c1-2-8-6-4-3-5-7-8;1-3(5(8)9)2-4(6)7;1-3-4-2/h2-7H,1H2;1-2H2,(H,6,7)(H,8,9);3-4H,1-2H2. The molecule has 0 atom stereocenters. The number of rotatable bonds is 5. The first-order valence-electron chi connectivity index (χ1n) is 5.92. The highest BCUT2D eigenvalue weighted by molar-refractivity contribution is 5.91. The highest BCUT2D eigenvalue weighted by Crippen LogP contribution is 1.97. The Morgan fingerprint density at radius 1 is 1.00 bits per heavy atom. The predicted molar refractivity (Wildman–Crippen MR) is 86.0 cm³/mol. The largest absolute Gasteiger partial charge is 0.481 e. The van der Waals surface area contributed by atoms with E-state index in [1.165, 1.54) is 5.56 Å². The monoisotopic (exact) mass is 288 g/mol. The molecule has 0 saturated carbocycles. The molecule has 0 aliphatic carbocycles. The lowest BCUT2D eigenvalue weighted by Gasteiger charge is -1.91. The van der Waals surface area contributed by atoms with E-state index in [2.05, 4.69) is 26.3 Å². The summed E-state index contributed by atoms with van der Waals surface area (Å²) in [6.45, 7) is 13.4. The topological polar surface area (TPSA) is 74.6 Å². The summed E-state index contributed by atoms with van der Waals surface area (Å²) < 4.78 is 0. The van der Waals surface area contributed by atoms with Crippen LogP contribution in [0, 0.1) is 0 Å². The van der Waals surface area contributed by atoms with Crippen LogP contribution in [-0.4, -0.2) is 22.2 Å². The number of hydrogen-bond acceptors (Lipinski definition) is 2. The van der Waals surface area contributed by atoms with Crippen molar-refractivity contribution in [3.05, 3.63) is 79.9 Å². The van der Waals surface area contributed by atoms with Crippen molar-refractivity contribution in [2.45, 2.75) is 6.42 Å². The van der Waals surface area contributed by atoms with E-state index >= 15 is 0 Å². The SMILES string of the molecule is C=C(CC(=O)O)C(=O)O.C=CC=C.C=Cc1ccccc1. The number of aliphatic carboxylic acids is 2. The molecule has 0 amide bonds. The predicted octanol–water partition coefficient (Wildman–Crippen LogP) is 3.79. The molecule has 0 unspecified atom stereocenters. The van der Waals surface area contributed by atoms with Crippen LogP contribution in [-0.2, 0) is 9.59 Å². The van der Waals surface area contributed by atoms with E-state index in [4.69, 9.17) is 10.2 Å². The maximum atomic E-state index is 9.87. The van der Waals surface area contributed by atoms with Gasteiger partial charge in [-0.15, -0.1) is 0 Å². The average Bonchev–Trinajstić information content (AvgIpc) is 2.48. The van der Waals surface area contributed by atoms with Crippen LogP contribution in [0.5, 0.6) is 0 Å². The van der Waals surface area contributed by atoms with Gasteiger partial charge in [0.2, 0.25) is 0 Å². The molecule has 21 heavy (non-hydrogen) atoms. The zero-order valence-electron chi connectivity index (χ0n) is 11.9. The van der Waals surface area contributed by atoms with Crippen LogP contribution in [0.25, 0.3) is 6.08 Å². The second-order valence-electron chi connectivity index (χ2n) is 3.57. The Kier molecular flexibility index (Phi) is 13.2. The van der Waals surface area contributed by atoms with Crippen molar-refractivity contribution in [1.29, 1.82) is 0 Å². The fourth-order valence-electron chi connectivity index (χ4n) is 0.847. The van der Waals surface area contributed by atoms with Crippen molar-refractivity contribution in [2.75, 3.05) is 0 Å². The Labute approximate surface area is 125 Å². The van der Waals surface area contributed by atoms with Crippen LogP contribution < -0.4 is 0 Å². The van der Waals surface area contributed by atoms with Crippen molar-refractivity contribution in [1.82, 2.24) is 0 Å². The first kappa shape index (κ1) is 20.4. The van der Waals surface area contributed by atoms with Crippen LogP contribution in [0.3, 0.4) is 0 Å². The van der Waals surface area contributed by atoms with Crippen molar-refractivity contribution >= 4 is 18.0 Å². The summed E-state index contributed by atoms with van der Waals surface area (Å²) in [6.07, 6.45) is 4.61. The van der Waals surface area contributed by atoms with Gasteiger partial charge in [-0.2, -0.15) is 0 Å². The van der Waals surface area contributed by atoms with Gasteiger partial charge < -0.3 is 10.2 Å². The quantitative estimate of drug-likeness (QED) is 0.638. The summed E-state index contributed by atoms with van der Waals surface area (Å²) >= 11 is 0. The van der Waals surface area contributed by atoms with E-state index < -0.39 is 18.4 Å². The molecule has 0 aliphatic heterocycles. The molecule has 1 aromatic carbocycles. The van der Waals surface area contributed by atoms with Gasteiger partial charge in [-0.05, 0) is 5.56 Å². The lowest BCUT2D eigenvalue weighted by atomic mass is 10.2. The van der Waals surface area contributed by atoms with Crippen LogP contribution in [0.2, 0.25) is 0 Å². The third-order valence-corrected chi connectivity index (χ3v) is 1.87. The maximum Gasteiger partial charge on any atom is 0.331 e. The van der Waals surface area contributed by atoms with Gasteiger partial charge in [0.15, 0.2) is 0 Å². The molecule has 1 rings (SSSR count). The number of hydrogen-bond donors (Lipinski definition) is 2. The van der Waals surface area contributed by atoms with Crippen molar-refractivity contribution in [2.24, 2.45) is 0 Å². The number of allylic oxidation sites excluding steroid dienone is 2. The van der Waals surface area contributed by atoms with E-state index in [1.54, 1.807) is 12.2 Å². The fraction of sp³-hybridized carbons (Fsp3) is 0.0588. The van der Waals surface area contributed by atoms with Gasteiger partial charge in [-0.25, -0.2) is 4.79 Å². The Hall–Kier alpha value is -2.88. The summed E-state index contributed by atoms with van der Waals surface area (Å²) in [6, 6.07) is 10.0. The minimum Gasteiger partial charge on any atom is -0.481 e. The molecule has 0 fully saturated rings.